The molecule has 0 atom stereocenters. The third kappa shape index (κ3) is 3.68. The third-order valence-electron chi connectivity index (χ3n) is 3.24. The number of urea groups is 1. The lowest BCUT2D eigenvalue weighted by Crippen LogP contribution is -2.38. The molecule has 0 bridgehead atoms. The van der Waals surface area contributed by atoms with Gasteiger partial charge < -0.3 is 15.3 Å². The van der Waals surface area contributed by atoms with Gasteiger partial charge in [0.2, 0.25) is 0 Å². The van der Waals surface area contributed by atoms with E-state index in [9.17, 15) is 14.7 Å². The molecule has 2 N–H and O–H groups in total. The summed E-state index contributed by atoms with van der Waals surface area (Å²) in [7, 11) is 0. The van der Waals surface area contributed by atoms with E-state index in [0.29, 0.717) is 13.1 Å². The summed E-state index contributed by atoms with van der Waals surface area (Å²) < 4.78 is 0. The molecule has 21 heavy (non-hydrogen) atoms. The highest BCUT2D eigenvalue weighted by molar-refractivity contribution is 6.37. The molecular weight excluding hydrogens is 315 g/mol. The Hall–Kier alpha value is -1.72. The van der Waals surface area contributed by atoms with Gasteiger partial charge in [-0.1, -0.05) is 34.9 Å². The molecule has 0 saturated carbocycles. The summed E-state index contributed by atoms with van der Waals surface area (Å²) >= 11 is 11.8. The molecule has 7 heteroatoms. The number of halogens is 2. The number of benzene rings is 1. The number of amides is 2. The molecule has 0 saturated heterocycles. The van der Waals surface area contributed by atoms with E-state index in [-0.39, 0.29) is 27.3 Å². The van der Waals surface area contributed by atoms with Crippen LogP contribution in [0.2, 0.25) is 10.0 Å². The first-order valence-electron chi connectivity index (χ1n) is 6.32. The summed E-state index contributed by atoms with van der Waals surface area (Å²) in [5.74, 6) is -1.20. The molecule has 1 aromatic rings. The van der Waals surface area contributed by atoms with E-state index < -0.39 is 5.97 Å². The number of aromatic carboxylic acids is 1. The molecule has 0 aliphatic carbocycles. The number of hydrogen-bond acceptors (Lipinski definition) is 2. The summed E-state index contributed by atoms with van der Waals surface area (Å²) in [6.07, 6.45) is 2.76. The Morgan fingerprint density at radius 1 is 1.33 bits per heavy atom. The van der Waals surface area contributed by atoms with Crippen molar-refractivity contribution in [3.63, 3.8) is 0 Å². The lowest BCUT2D eigenvalue weighted by atomic mass is 10.1. The van der Waals surface area contributed by atoms with E-state index in [1.807, 2.05) is 13.0 Å². The van der Waals surface area contributed by atoms with Gasteiger partial charge in [0.15, 0.2) is 0 Å². The molecule has 0 aromatic heterocycles. The second-order valence-corrected chi connectivity index (χ2v) is 5.64. The fourth-order valence-corrected chi connectivity index (χ4v) is 2.55. The summed E-state index contributed by atoms with van der Waals surface area (Å²) in [6.45, 7) is 3.08. The van der Waals surface area contributed by atoms with Gasteiger partial charge in [0, 0.05) is 18.1 Å². The van der Waals surface area contributed by atoms with Crippen molar-refractivity contribution in [1.82, 2.24) is 4.90 Å². The highest BCUT2D eigenvalue weighted by Gasteiger charge is 2.21. The predicted molar refractivity (Wildman–Crippen MR) is 82.4 cm³/mol. The highest BCUT2D eigenvalue weighted by Crippen LogP contribution is 2.30. The number of carbonyl (C=O) groups excluding carboxylic acids is 1. The monoisotopic (exact) mass is 328 g/mol. The first-order chi connectivity index (χ1) is 9.88. The minimum atomic E-state index is -1.20. The van der Waals surface area contributed by atoms with Gasteiger partial charge in [-0.3, -0.25) is 0 Å². The van der Waals surface area contributed by atoms with Gasteiger partial charge in [-0.2, -0.15) is 0 Å². The zero-order valence-corrected chi connectivity index (χ0v) is 12.8. The molecular formula is C14H14Cl2N2O3. The van der Waals surface area contributed by atoms with Crippen molar-refractivity contribution in [2.24, 2.45) is 0 Å². The Balaban J connectivity index is 2.23. The van der Waals surface area contributed by atoms with Crippen LogP contribution in [0.5, 0.6) is 0 Å². The lowest BCUT2D eigenvalue weighted by molar-refractivity contribution is 0.0698. The molecule has 1 heterocycles. The fraction of sp³-hybridized carbons (Fsp3) is 0.286. The Labute approximate surface area is 132 Å². The number of anilines is 1. The Morgan fingerprint density at radius 2 is 2.05 bits per heavy atom. The van der Waals surface area contributed by atoms with Crippen molar-refractivity contribution >= 4 is 40.9 Å². The minimum absolute atomic E-state index is 0.0600. The number of carboxylic acid groups (broad SMARTS) is 1. The van der Waals surface area contributed by atoms with Crippen LogP contribution in [0.3, 0.4) is 0 Å². The fourth-order valence-electron chi connectivity index (χ4n) is 2.01. The zero-order valence-electron chi connectivity index (χ0n) is 11.3. The SMILES string of the molecule is CC1=CCN(C(=O)Nc2c(Cl)cc(Cl)cc2C(=O)O)CC1. The highest BCUT2D eigenvalue weighted by atomic mass is 35.5. The number of carbonyl (C=O) groups is 2. The van der Waals surface area contributed by atoms with E-state index >= 15 is 0 Å². The van der Waals surface area contributed by atoms with E-state index in [2.05, 4.69) is 5.32 Å². The quantitative estimate of drug-likeness (QED) is 0.809. The molecule has 5 nitrogen and oxygen atoms in total. The number of hydrogen-bond donors (Lipinski definition) is 2. The van der Waals surface area contributed by atoms with Gasteiger partial charge >= 0.3 is 12.0 Å². The van der Waals surface area contributed by atoms with Crippen LogP contribution in [0.1, 0.15) is 23.7 Å². The summed E-state index contributed by atoms with van der Waals surface area (Å²) in [6, 6.07) is 2.27. The summed E-state index contributed by atoms with van der Waals surface area (Å²) in [4.78, 5) is 25.0. The van der Waals surface area contributed by atoms with Gasteiger partial charge in [0.1, 0.15) is 0 Å². The molecule has 2 amide bonds. The van der Waals surface area contributed by atoms with Crippen LogP contribution in [0.25, 0.3) is 0 Å². The van der Waals surface area contributed by atoms with Crippen molar-refractivity contribution in [2.75, 3.05) is 18.4 Å². The van der Waals surface area contributed by atoms with Crippen molar-refractivity contribution in [3.8, 4) is 0 Å². The number of nitrogens with one attached hydrogen (secondary N) is 1. The standard InChI is InChI=1S/C14H14Cl2N2O3/c1-8-2-4-18(5-3-8)14(21)17-12-10(13(19)20)6-9(15)7-11(12)16/h2,6-7H,3-5H2,1H3,(H,17,21)(H,19,20). The Kier molecular flexibility index (Phi) is 4.75. The molecule has 0 spiro atoms. The van der Waals surface area contributed by atoms with Crippen LogP contribution < -0.4 is 5.32 Å². The maximum atomic E-state index is 12.2. The molecule has 0 unspecified atom stereocenters. The Bertz CT molecular complexity index is 629. The van der Waals surface area contributed by atoms with Gasteiger partial charge in [0.25, 0.3) is 0 Å². The molecule has 112 valence electrons. The first-order valence-corrected chi connectivity index (χ1v) is 7.08. The lowest BCUT2D eigenvalue weighted by Gasteiger charge is -2.26. The van der Waals surface area contributed by atoms with Gasteiger partial charge in [-0.25, -0.2) is 9.59 Å². The van der Waals surface area contributed by atoms with Crippen LogP contribution in [0.15, 0.2) is 23.8 Å². The van der Waals surface area contributed by atoms with Crippen LogP contribution in [-0.2, 0) is 0 Å². The normalized spacial score (nSPS) is 14.6. The second kappa shape index (κ2) is 6.37. The zero-order chi connectivity index (χ0) is 15.6. The minimum Gasteiger partial charge on any atom is -0.478 e. The molecule has 1 aliphatic heterocycles. The van der Waals surface area contributed by atoms with Crippen molar-refractivity contribution in [3.05, 3.63) is 39.4 Å². The van der Waals surface area contributed by atoms with Crippen LogP contribution in [0, 0.1) is 0 Å². The van der Waals surface area contributed by atoms with E-state index in [1.165, 1.54) is 17.7 Å². The van der Waals surface area contributed by atoms with Crippen molar-refractivity contribution in [1.29, 1.82) is 0 Å². The third-order valence-corrected chi connectivity index (χ3v) is 3.76. The van der Waals surface area contributed by atoms with Crippen LogP contribution >= 0.6 is 23.2 Å². The van der Waals surface area contributed by atoms with E-state index in [1.54, 1.807) is 4.90 Å². The van der Waals surface area contributed by atoms with E-state index in [4.69, 9.17) is 23.2 Å². The number of rotatable bonds is 2. The topological polar surface area (TPSA) is 69.6 Å². The summed E-state index contributed by atoms with van der Waals surface area (Å²) in [5.41, 5.74) is 1.16. The molecule has 2 rings (SSSR count). The number of nitrogens with zero attached hydrogens (tertiary/aromatic N) is 1. The maximum Gasteiger partial charge on any atom is 0.337 e. The van der Waals surface area contributed by atoms with Crippen molar-refractivity contribution < 1.29 is 14.7 Å². The van der Waals surface area contributed by atoms with E-state index in [0.717, 1.165) is 6.42 Å². The smallest absolute Gasteiger partial charge is 0.337 e. The molecule has 0 fully saturated rings. The predicted octanol–water partition coefficient (Wildman–Crippen LogP) is 3.88. The average molecular weight is 329 g/mol. The average Bonchev–Trinajstić information content (AvgIpc) is 2.41. The molecule has 1 aliphatic rings. The molecule has 0 radical (unpaired) electrons. The second-order valence-electron chi connectivity index (χ2n) is 4.79. The first kappa shape index (κ1) is 15.7. The Morgan fingerprint density at radius 3 is 2.62 bits per heavy atom. The van der Waals surface area contributed by atoms with Gasteiger partial charge in [0.05, 0.1) is 16.3 Å². The van der Waals surface area contributed by atoms with Crippen molar-refractivity contribution in [2.45, 2.75) is 13.3 Å². The van der Waals surface area contributed by atoms with Gasteiger partial charge in [-0.05, 0) is 25.5 Å². The van der Waals surface area contributed by atoms with Crippen LogP contribution in [0.4, 0.5) is 10.5 Å². The van der Waals surface area contributed by atoms with Gasteiger partial charge in [-0.15, -0.1) is 0 Å². The largest absolute Gasteiger partial charge is 0.478 e. The molecule has 1 aromatic carbocycles. The van der Waals surface area contributed by atoms with Crippen LogP contribution in [-0.4, -0.2) is 35.1 Å². The summed E-state index contributed by atoms with van der Waals surface area (Å²) in [5, 5.41) is 12.0. The maximum absolute atomic E-state index is 12.2. The number of carboxylic acids is 1.